The number of hydrogen-bond acceptors (Lipinski definition) is 7. The van der Waals surface area contributed by atoms with E-state index in [-0.39, 0.29) is 23.9 Å². The Hall–Kier alpha value is -3.84. The van der Waals surface area contributed by atoms with Crippen molar-refractivity contribution in [1.82, 2.24) is 29.1 Å². The van der Waals surface area contributed by atoms with Gasteiger partial charge in [-0.3, -0.25) is 14.2 Å². The molecule has 216 valence electrons. The van der Waals surface area contributed by atoms with Gasteiger partial charge >= 0.3 is 0 Å². The smallest absolute Gasteiger partial charge is 0.261 e. The number of rotatable bonds is 7. The molecule has 14 heteroatoms. The van der Waals surface area contributed by atoms with Gasteiger partial charge in [-0.05, 0) is 42.7 Å². The first-order valence-corrected chi connectivity index (χ1v) is 15.2. The van der Waals surface area contributed by atoms with Crippen molar-refractivity contribution in [3.63, 3.8) is 0 Å². The SMILES string of the molecule is CNC(=O)[C@H]1CCN1S(=O)(=O)c1cnc2n1[C@](C)(Cc1ccc(-c3cncnc3)cc1)C(=O)N2c1cc(Cl)cc(Cl)c1. The highest BCUT2D eigenvalue weighted by Gasteiger charge is 2.54. The third-order valence-corrected chi connectivity index (χ3v) is 9.97. The Morgan fingerprint density at radius 1 is 1.05 bits per heavy atom. The van der Waals surface area contributed by atoms with Gasteiger partial charge in [-0.25, -0.2) is 28.3 Å². The maximum atomic E-state index is 14.3. The molecule has 0 radical (unpaired) electrons. The Labute approximate surface area is 252 Å². The zero-order chi connectivity index (χ0) is 29.8. The predicted octanol–water partition coefficient (Wildman–Crippen LogP) is 3.79. The van der Waals surface area contributed by atoms with Crippen LogP contribution in [0.1, 0.15) is 18.9 Å². The number of halogens is 2. The minimum absolute atomic E-state index is 0.106. The maximum absolute atomic E-state index is 14.3. The number of carbonyl (C=O) groups is 2. The van der Waals surface area contributed by atoms with E-state index in [4.69, 9.17) is 23.2 Å². The highest BCUT2D eigenvalue weighted by Crippen LogP contribution is 2.45. The highest BCUT2D eigenvalue weighted by molar-refractivity contribution is 7.89. The molecule has 0 bridgehead atoms. The molecule has 6 rings (SSSR count). The van der Waals surface area contributed by atoms with E-state index in [0.29, 0.717) is 22.2 Å². The zero-order valence-electron chi connectivity index (χ0n) is 22.5. The fourth-order valence-electron chi connectivity index (χ4n) is 5.47. The first-order valence-electron chi connectivity index (χ1n) is 13.0. The lowest BCUT2D eigenvalue weighted by Crippen LogP contribution is -2.58. The highest BCUT2D eigenvalue weighted by atomic mass is 35.5. The van der Waals surface area contributed by atoms with E-state index in [9.17, 15) is 18.0 Å². The number of benzene rings is 2. The van der Waals surface area contributed by atoms with Crippen molar-refractivity contribution >= 4 is 56.7 Å². The fourth-order valence-corrected chi connectivity index (χ4v) is 7.81. The van der Waals surface area contributed by atoms with E-state index in [1.54, 1.807) is 31.5 Å². The molecule has 1 fully saturated rings. The summed E-state index contributed by atoms with van der Waals surface area (Å²) in [4.78, 5) is 40.5. The van der Waals surface area contributed by atoms with Crippen molar-refractivity contribution in [2.45, 2.75) is 36.4 Å². The summed E-state index contributed by atoms with van der Waals surface area (Å²) in [6.07, 6.45) is 6.62. The van der Waals surface area contributed by atoms with E-state index in [1.807, 2.05) is 24.3 Å². The Morgan fingerprint density at radius 3 is 2.31 bits per heavy atom. The van der Waals surface area contributed by atoms with Crippen molar-refractivity contribution in [3.8, 4) is 11.1 Å². The van der Waals surface area contributed by atoms with Crippen molar-refractivity contribution in [2.24, 2.45) is 0 Å². The van der Waals surface area contributed by atoms with Gasteiger partial charge in [0.2, 0.25) is 11.9 Å². The molecular formula is C28H25Cl2N7O4S. The molecule has 1 saturated heterocycles. The van der Waals surface area contributed by atoms with Crippen LogP contribution in [-0.2, 0) is 31.6 Å². The number of likely N-dealkylation sites (N-methyl/N-ethyl adjacent to an activating group) is 1. The van der Waals surface area contributed by atoms with Crippen molar-refractivity contribution in [1.29, 1.82) is 0 Å². The minimum Gasteiger partial charge on any atom is -0.358 e. The van der Waals surface area contributed by atoms with Gasteiger partial charge < -0.3 is 5.32 Å². The molecule has 0 spiro atoms. The first kappa shape index (κ1) is 28.3. The second-order valence-corrected chi connectivity index (χ2v) is 13.0. The van der Waals surface area contributed by atoms with Gasteiger partial charge in [-0.1, -0.05) is 47.5 Å². The Balaban J connectivity index is 1.45. The summed E-state index contributed by atoms with van der Waals surface area (Å²) >= 11 is 12.6. The summed E-state index contributed by atoms with van der Waals surface area (Å²) in [7, 11) is -2.75. The molecule has 42 heavy (non-hydrogen) atoms. The van der Waals surface area contributed by atoms with Crippen molar-refractivity contribution in [2.75, 3.05) is 18.5 Å². The molecule has 0 unspecified atom stereocenters. The van der Waals surface area contributed by atoms with Crippen LogP contribution in [0.25, 0.3) is 11.1 Å². The van der Waals surface area contributed by atoms with Crippen LogP contribution in [0.4, 0.5) is 11.6 Å². The van der Waals surface area contributed by atoms with Gasteiger partial charge in [0, 0.05) is 48.0 Å². The van der Waals surface area contributed by atoms with Crippen LogP contribution in [0.3, 0.4) is 0 Å². The molecule has 0 saturated carbocycles. The van der Waals surface area contributed by atoms with Gasteiger partial charge in [0.05, 0.1) is 11.9 Å². The topological polar surface area (TPSA) is 130 Å². The van der Waals surface area contributed by atoms with Crippen molar-refractivity contribution < 1.29 is 18.0 Å². The van der Waals surface area contributed by atoms with E-state index in [0.717, 1.165) is 21.0 Å². The average Bonchev–Trinajstić information content (AvgIpc) is 3.46. The fraction of sp³-hybridized carbons (Fsp3) is 0.250. The second kappa shape index (κ2) is 10.5. The van der Waals surface area contributed by atoms with E-state index in [2.05, 4.69) is 20.3 Å². The molecular weight excluding hydrogens is 601 g/mol. The summed E-state index contributed by atoms with van der Waals surface area (Å²) < 4.78 is 30.5. The largest absolute Gasteiger partial charge is 0.358 e. The molecule has 2 aromatic carbocycles. The summed E-state index contributed by atoms with van der Waals surface area (Å²) in [5.74, 6) is -0.703. The molecule has 0 aliphatic carbocycles. The van der Waals surface area contributed by atoms with E-state index >= 15 is 0 Å². The van der Waals surface area contributed by atoms with Gasteiger partial charge in [-0.2, -0.15) is 4.31 Å². The van der Waals surface area contributed by atoms with Crippen molar-refractivity contribution in [3.05, 3.63) is 83.0 Å². The van der Waals surface area contributed by atoms with Crippen LogP contribution in [-0.4, -0.2) is 63.7 Å². The third kappa shape index (κ3) is 4.55. The molecule has 1 N–H and O–H groups in total. The van der Waals surface area contributed by atoms with Crippen LogP contribution >= 0.6 is 23.2 Å². The Bertz CT molecular complexity index is 1800. The number of carbonyl (C=O) groups excluding carboxylic acids is 2. The molecule has 2 aliphatic heterocycles. The zero-order valence-corrected chi connectivity index (χ0v) is 24.9. The number of nitrogens with zero attached hydrogens (tertiary/aromatic N) is 6. The first-order chi connectivity index (χ1) is 20.0. The summed E-state index contributed by atoms with van der Waals surface area (Å²) in [6, 6.07) is 11.4. The van der Waals surface area contributed by atoms with Crippen LogP contribution < -0.4 is 10.2 Å². The van der Waals surface area contributed by atoms with Crippen LogP contribution in [0.15, 0.2) is 72.4 Å². The van der Waals surface area contributed by atoms with Gasteiger partial charge in [-0.15, -0.1) is 0 Å². The molecule has 2 amide bonds. The number of fused-ring (bicyclic) bond motifs is 1. The van der Waals surface area contributed by atoms with Crippen LogP contribution in [0, 0.1) is 0 Å². The van der Waals surface area contributed by atoms with Crippen LogP contribution in [0.2, 0.25) is 10.0 Å². The maximum Gasteiger partial charge on any atom is 0.261 e. The van der Waals surface area contributed by atoms with E-state index in [1.165, 1.54) is 35.1 Å². The summed E-state index contributed by atoms with van der Waals surface area (Å²) in [5, 5.41) is 2.94. The molecule has 2 aliphatic rings. The second-order valence-electron chi connectivity index (χ2n) is 10.3. The molecule has 4 heterocycles. The monoisotopic (exact) mass is 625 g/mol. The molecule has 2 atom stereocenters. The number of sulfonamides is 1. The number of aromatic nitrogens is 4. The summed E-state index contributed by atoms with van der Waals surface area (Å²) in [6.45, 7) is 1.85. The molecule has 11 nitrogen and oxygen atoms in total. The number of imidazole rings is 1. The average molecular weight is 627 g/mol. The number of amides is 2. The lowest BCUT2D eigenvalue weighted by atomic mass is 9.91. The van der Waals surface area contributed by atoms with Gasteiger partial charge in [0.15, 0.2) is 5.03 Å². The normalized spacial score (nSPS) is 20.3. The lowest BCUT2D eigenvalue weighted by Gasteiger charge is -2.38. The van der Waals surface area contributed by atoms with Crippen LogP contribution in [0.5, 0.6) is 0 Å². The quantitative estimate of drug-likeness (QED) is 0.330. The standard InChI is InChI=1S/C28H25Cl2N7O4S/c1-28(12-17-3-5-18(6-4-17)19-13-32-16-33-14-19)26(39)36(22-10-20(29)9-21(30)11-22)27-34-15-24(37(27)28)42(40,41)35-8-7-23(35)25(38)31-2/h3-6,9-11,13-16,23H,7-8,12H2,1-2H3,(H,31,38)/t23-,28-/m1/s1. The Morgan fingerprint density at radius 2 is 1.71 bits per heavy atom. The molecule has 2 aromatic heterocycles. The molecule has 4 aromatic rings. The minimum atomic E-state index is -4.21. The third-order valence-electron chi connectivity index (χ3n) is 7.66. The predicted molar refractivity (Wildman–Crippen MR) is 157 cm³/mol. The number of anilines is 2. The number of nitrogens with one attached hydrogen (secondary N) is 1. The van der Waals surface area contributed by atoms with Gasteiger partial charge in [0.1, 0.15) is 17.9 Å². The number of hydrogen-bond donors (Lipinski definition) is 1. The Kier molecular flexibility index (Phi) is 7.04. The lowest BCUT2D eigenvalue weighted by molar-refractivity contribution is -0.127. The van der Waals surface area contributed by atoms with Gasteiger partial charge in [0.25, 0.3) is 15.9 Å². The van der Waals surface area contributed by atoms with E-state index < -0.39 is 33.4 Å². The summed E-state index contributed by atoms with van der Waals surface area (Å²) in [5.41, 5.74) is 1.45.